The molecule has 5 aromatic heterocycles. The van der Waals surface area contributed by atoms with Crippen molar-refractivity contribution in [3.8, 4) is 26.5 Å². The number of halogens is 1. The number of pyridine rings is 3. The molecule has 10 aromatic rings. The summed E-state index contributed by atoms with van der Waals surface area (Å²) in [7, 11) is 2.05. The van der Waals surface area contributed by atoms with Crippen molar-refractivity contribution >= 4 is 112 Å². The van der Waals surface area contributed by atoms with Gasteiger partial charge in [0.1, 0.15) is 70.0 Å². The number of aromatic nitrogens is 3. The van der Waals surface area contributed by atoms with Crippen LogP contribution in [0.2, 0.25) is 0 Å². The number of hydrogen-bond donors (Lipinski definition) is 0. The van der Waals surface area contributed by atoms with Crippen LogP contribution in [-0.4, -0.2) is 75.3 Å². The third-order valence-electron chi connectivity index (χ3n) is 16.8. The number of fused-ring (bicyclic) bond motifs is 2. The Morgan fingerprint density at radius 3 is 1.36 bits per heavy atom. The average Bonchev–Trinajstić information content (AvgIpc) is 1.59. The van der Waals surface area contributed by atoms with Gasteiger partial charge in [-0.25, -0.2) is 0 Å². The first-order chi connectivity index (χ1) is 47.9. The number of allylic oxidation sites excluding steroid dienone is 2. The van der Waals surface area contributed by atoms with Crippen molar-refractivity contribution in [2.75, 3.05) is 6.61 Å². The average molecular weight is 1800 g/mol. The van der Waals surface area contributed by atoms with Crippen molar-refractivity contribution in [1.82, 2.24) is 15.0 Å². The summed E-state index contributed by atoms with van der Waals surface area (Å²) in [5.74, 6) is -2.62. The molecule has 2 unspecified atom stereocenters. The first-order valence-electron chi connectivity index (χ1n) is 32.5. The van der Waals surface area contributed by atoms with Crippen molar-refractivity contribution in [1.29, 1.82) is 0 Å². The summed E-state index contributed by atoms with van der Waals surface area (Å²) < 4.78 is 25.7. The quantitative estimate of drug-likeness (QED) is 0.0334. The molecule has 1 saturated heterocycles. The van der Waals surface area contributed by atoms with Crippen LogP contribution < -0.4 is 21.2 Å². The fourth-order valence-corrected chi connectivity index (χ4v) is 23.2. The Kier molecular flexibility index (Phi) is 30.1. The summed E-state index contributed by atoms with van der Waals surface area (Å²) in [6, 6.07) is 78.0. The summed E-state index contributed by atoms with van der Waals surface area (Å²) in [6.07, 6.45) is 11.2. The second-order valence-corrected chi connectivity index (χ2v) is 31.7. The van der Waals surface area contributed by atoms with Crippen molar-refractivity contribution < 1.29 is 85.2 Å². The first kappa shape index (κ1) is 76.5. The van der Waals surface area contributed by atoms with Gasteiger partial charge >= 0.3 is 75.4 Å². The molecule has 1 saturated carbocycles. The van der Waals surface area contributed by atoms with Crippen molar-refractivity contribution in [2.45, 2.75) is 109 Å². The van der Waals surface area contributed by atoms with E-state index in [1.165, 1.54) is 111 Å². The molecular weight excluding hydrogens is 1720 g/mol. The van der Waals surface area contributed by atoms with Gasteiger partial charge < -0.3 is 36.3 Å². The van der Waals surface area contributed by atoms with Crippen LogP contribution in [0.25, 0.3) is 37.1 Å². The van der Waals surface area contributed by atoms with E-state index in [2.05, 4.69) is 215 Å². The smallest absolute Gasteiger partial charge is 0.131 e. The predicted molar refractivity (Wildman–Crippen MR) is 401 cm³/mol. The maximum absolute atomic E-state index is 11.4. The third kappa shape index (κ3) is 19.9. The molecule has 0 radical (unpaired) electrons. The SMILES string of the molecule is CC(=O)OC[C@H]1O[C@@H]([S-])[C@H](OC(C)=O)C(OC(C)=O)[C@@H]1OC(C)=O.[Au+].[Cl][Au].c1ccc(-p2c(-c3ccccn3)c3c(c2-c2cccs2)CCCC3)cc1.c1ccc([PH+](c2ccccc2)c2ccccc2)cc1.c1ccc([PH+]2C(c3ccccn3)=C3CCCCC3=C2c2ccccn2)cc1. The second kappa shape index (κ2) is 38.9. The van der Waals surface area contributed by atoms with Crippen molar-refractivity contribution in [3.05, 3.63) is 276 Å². The van der Waals surface area contributed by atoms with Gasteiger partial charge in [-0.3, -0.25) is 34.1 Å². The summed E-state index contributed by atoms with van der Waals surface area (Å²) >= 11 is 8.74. The molecule has 2 fully saturated rings. The number of esters is 4. The minimum atomic E-state index is -1.19. The van der Waals surface area contributed by atoms with Gasteiger partial charge in [-0.2, -0.15) is 0 Å². The van der Waals surface area contributed by atoms with Crippen LogP contribution >= 0.6 is 43.9 Å². The number of nitrogens with zero attached hydrogens (tertiary/aromatic N) is 3. The Morgan fingerprint density at radius 1 is 0.515 bits per heavy atom. The minimum Gasteiger partial charge on any atom is -0.256 e. The van der Waals surface area contributed by atoms with Gasteiger partial charge in [0.25, 0.3) is 0 Å². The largest absolute Gasteiger partial charge is 0.256 e. The number of carbonyl (C=O) groups excluding carboxylic acids is 4. The normalized spacial score (nSPS) is 17.7. The summed E-state index contributed by atoms with van der Waals surface area (Å²) in [5, 5.41) is 15.5. The minimum absolute atomic E-state index is 0. The maximum Gasteiger partial charge on any atom is 0.131 e. The zero-order valence-corrected chi connectivity index (χ0v) is 64.7. The molecule has 2 aliphatic carbocycles. The Balaban J connectivity index is 0.000000153. The molecule has 7 heterocycles. The molecular formula is C79H77Au2ClN3O9P3S2+2. The second-order valence-electron chi connectivity index (χ2n) is 23.4. The molecule has 0 N–H and O–H groups in total. The number of rotatable bonds is 14. The van der Waals surface area contributed by atoms with Gasteiger partial charge in [0.05, 0.1) is 13.6 Å². The van der Waals surface area contributed by atoms with Crippen LogP contribution in [0.3, 0.4) is 0 Å². The van der Waals surface area contributed by atoms with E-state index in [9.17, 15) is 19.2 Å². The molecule has 516 valence electrons. The van der Waals surface area contributed by atoms with Crippen LogP contribution in [0.5, 0.6) is 0 Å². The molecule has 20 heteroatoms. The van der Waals surface area contributed by atoms with E-state index < -0.39 is 77.1 Å². The van der Waals surface area contributed by atoms with E-state index in [0.29, 0.717) is 0 Å². The molecule has 5 aromatic carbocycles. The van der Waals surface area contributed by atoms with Crippen molar-refractivity contribution in [3.63, 3.8) is 0 Å². The van der Waals surface area contributed by atoms with Gasteiger partial charge in [0.2, 0.25) is 0 Å². The van der Waals surface area contributed by atoms with Gasteiger partial charge in [0, 0.05) is 72.9 Å². The summed E-state index contributed by atoms with van der Waals surface area (Å²) in [5.41, 5.74) is 8.69. The zero-order valence-electron chi connectivity index (χ0n) is 55.1. The summed E-state index contributed by atoms with van der Waals surface area (Å²) in [6.45, 7) is 4.36. The van der Waals surface area contributed by atoms with E-state index in [0.717, 1.165) is 32.2 Å². The predicted octanol–water partition coefficient (Wildman–Crippen LogP) is 16.5. The Labute approximate surface area is 625 Å². The van der Waals surface area contributed by atoms with E-state index in [-0.39, 0.29) is 29.0 Å². The van der Waals surface area contributed by atoms with E-state index in [1.807, 2.05) is 48.1 Å². The van der Waals surface area contributed by atoms with Crippen LogP contribution in [0.4, 0.5) is 0 Å². The molecule has 6 atom stereocenters. The molecule has 0 amide bonds. The van der Waals surface area contributed by atoms with Crippen LogP contribution in [-0.2, 0) is 111 Å². The van der Waals surface area contributed by atoms with Gasteiger partial charge in [0.15, 0.2) is 12.2 Å². The molecule has 4 aliphatic rings. The summed E-state index contributed by atoms with van der Waals surface area (Å²) in [4.78, 5) is 60.8. The first-order valence-corrected chi connectivity index (χ1v) is 40.9. The molecule has 12 nitrogen and oxygen atoms in total. The number of thiophene rings is 1. The zero-order chi connectivity index (χ0) is 68.8. The van der Waals surface area contributed by atoms with Crippen LogP contribution in [0.15, 0.2) is 254 Å². The molecule has 0 spiro atoms. The van der Waals surface area contributed by atoms with Gasteiger partial charge in [-0.05, 0) is 170 Å². The molecule has 0 bridgehead atoms. The van der Waals surface area contributed by atoms with E-state index in [1.54, 1.807) is 47.6 Å². The number of benzene rings is 5. The standard InChI is InChI=1S/C24H21N2P.C23H20NPS.C18H15P.C14H20O9S.2Au.ClH/c1-2-10-18(11-3-1)27-23(21-14-6-8-16-25-21)19-12-4-5-13-20(19)24(27)22-15-7-9-17-26-22;1-2-9-17(10-3-1)25-22(20-13-6-7-15-24-20)18-11-4-5-12-19(18)23(25)21-14-8-16-26-21;1-4-10-16(11-5-1)19(17-12-6-2-7-13-17)18-14-8-3-9-15-18;1-6(15)19-5-10-11(20-7(2)16)12(21-8(3)17)13(14(24)23-10)22-9(4)18;;;/h1-3,6-11,14-17H,4-5,12-13H2;1-3,6-10,13-16H,4-5,11-12H2;1-15H;10-14,24H,5H2,1-4H3;;;1H/q;;;;2*+1;/t;;;10-,11-,12?,13-,14+;;;/m...1.../s1. The number of hydrogen-bond acceptors (Lipinski definition) is 14. The number of carbonyl (C=O) groups is 4. The third-order valence-corrected chi connectivity index (χ3v) is 26.7. The van der Waals surface area contributed by atoms with E-state index >= 15 is 0 Å². The van der Waals surface area contributed by atoms with Crippen LogP contribution in [0.1, 0.15) is 88.7 Å². The Morgan fingerprint density at radius 2 is 0.929 bits per heavy atom. The maximum atomic E-state index is 11.4. The van der Waals surface area contributed by atoms with Crippen molar-refractivity contribution in [2.24, 2.45) is 0 Å². The Hall–Kier alpha value is -6.67. The fourth-order valence-electron chi connectivity index (χ4n) is 13.0. The van der Waals surface area contributed by atoms with Gasteiger partial charge in [-0.15, -0.1) is 11.3 Å². The monoisotopic (exact) mass is 1800 g/mol. The number of ether oxygens (including phenoxy) is 5. The molecule has 14 rings (SSSR count). The van der Waals surface area contributed by atoms with E-state index in [4.69, 9.17) is 51.3 Å². The fraction of sp³-hybridized carbons (Fsp3) is 0.228. The van der Waals surface area contributed by atoms with Gasteiger partial charge in [-0.1, -0.05) is 135 Å². The topological polar surface area (TPSA) is 153 Å². The molecule has 2 aliphatic heterocycles. The molecule has 99 heavy (non-hydrogen) atoms. The van der Waals surface area contributed by atoms with Crippen LogP contribution in [0, 0.1) is 0 Å². The Bertz CT molecular complexity index is 4110.